The number of aromatic nitrogens is 4. The van der Waals surface area contributed by atoms with E-state index in [0.717, 1.165) is 55.3 Å². The Labute approximate surface area is 268 Å². The van der Waals surface area contributed by atoms with E-state index in [2.05, 4.69) is 50.8 Å². The number of aliphatic hydroxyl groups is 2. The number of unbranched alkanes of at least 4 members (excludes halogenated alkanes) is 2. The Morgan fingerprint density at radius 2 is 1.59 bits per heavy atom. The average Bonchev–Trinajstić information content (AvgIpc) is 3.63. The molecule has 4 atom stereocenters. The fourth-order valence-corrected chi connectivity index (χ4v) is 5.64. The van der Waals surface area contributed by atoms with Crippen LogP contribution < -0.4 is 16.0 Å². The number of carbonyl (C=O) groups is 2. The Balaban J connectivity index is 1.20. The van der Waals surface area contributed by atoms with E-state index in [4.69, 9.17) is 4.74 Å². The maximum absolute atomic E-state index is 13.0. The summed E-state index contributed by atoms with van der Waals surface area (Å²) in [6.45, 7) is 4.88. The highest BCUT2D eigenvalue weighted by Crippen LogP contribution is 2.33. The third-order valence-corrected chi connectivity index (χ3v) is 8.24. The van der Waals surface area contributed by atoms with Crippen molar-refractivity contribution in [3.63, 3.8) is 0 Å². The van der Waals surface area contributed by atoms with Crippen LogP contribution in [0.4, 0.5) is 11.5 Å². The van der Waals surface area contributed by atoms with Crippen molar-refractivity contribution in [1.82, 2.24) is 30.2 Å². The number of benzene rings is 2. The van der Waals surface area contributed by atoms with E-state index in [9.17, 15) is 19.8 Å². The maximum Gasteiger partial charge on any atom is 0.251 e. The Kier molecular flexibility index (Phi) is 10.9. The predicted molar refractivity (Wildman–Crippen MR) is 175 cm³/mol. The summed E-state index contributed by atoms with van der Waals surface area (Å²) >= 11 is 0. The highest BCUT2D eigenvalue weighted by Gasteiger charge is 2.47. The number of imidazole rings is 1. The predicted octanol–water partition coefficient (Wildman–Crippen LogP) is 3.59. The van der Waals surface area contributed by atoms with Crippen molar-refractivity contribution in [2.75, 3.05) is 18.9 Å². The number of fused-ring (bicyclic) bond motifs is 1. The summed E-state index contributed by atoms with van der Waals surface area (Å²) in [5.41, 5.74) is 5.84. The Morgan fingerprint density at radius 1 is 0.891 bits per heavy atom. The van der Waals surface area contributed by atoms with Gasteiger partial charge in [0, 0.05) is 24.8 Å². The molecule has 3 heterocycles. The van der Waals surface area contributed by atoms with Gasteiger partial charge in [0.05, 0.1) is 6.33 Å². The zero-order valence-electron chi connectivity index (χ0n) is 26.6. The first-order chi connectivity index (χ1) is 22.3. The Bertz CT molecular complexity index is 1610. The molecule has 12 nitrogen and oxygen atoms in total. The second-order valence-electron chi connectivity index (χ2n) is 11.7. The molecule has 46 heavy (non-hydrogen) atoms. The van der Waals surface area contributed by atoms with E-state index in [0.29, 0.717) is 29.9 Å². The third-order valence-electron chi connectivity index (χ3n) is 8.24. The number of hydrogen-bond acceptors (Lipinski definition) is 9. The molecule has 2 aromatic carbocycles. The molecule has 2 aromatic heterocycles. The molecular formula is C34H43N7O5. The van der Waals surface area contributed by atoms with E-state index in [1.165, 1.54) is 35.4 Å². The summed E-state index contributed by atoms with van der Waals surface area (Å²) in [5.74, 6) is -0.139. The van der Waals surface area contributed by atoms with E-state index >= 15 is 0 Å². The van der Waals surface area contributed by atoms with E-state index in [1.807, 2.05) is 36.4 Å². The first-order valence-electron chi connectivity index (χ1n) is 16.0. The molecule has 0 radical (unpaired) electrons. The zero-order valence-corrected chi connectivity index (χ0v) is 26.6. The molecule has 12 heteroatoms. The number of ether oxygens (including phenoxy) is 1. The maximum atomic E-state index is 13.0. The second kappa shape index (κ2) is 15.3. The van der Waals surface area contributed by atoms with Crippen LogP contribution in [0.2, 0.25) is 0 Å². The van der Waals surface area contributed by atoms with Crippen LogP contribution in [0, 0.1) is 0 Å². The van der Waals surface area contributed by atoms with Gasteiger partial charge in [-0.1, -0.05) is 44.9 Å². The lowest BCUT2D eigenvalue weighted by Gasteiger charge is -2.16. The zero-order chi connectivity index (χ0) is 32.6. The second-order valence-corrected chi connectivity index (χ2v) is 11.7. The summed E-state index contributed by atoms with van der Waals surface area (Å²) in [6.07, 6.45) is 4.87. The van der Waals surface area contributed by atoms with E-state index in [-0.39, 0.29) is 5.91 Å². The first-order valence-corrected chi connectivity index (χ1v) is 16.0. The smallest absolute Gasteiger partial charge is 0.251 e. The number of rotatable bonds is 14. The fraction of sp³-hybridized carbons (Fsp3) is 0.441. The lowest BCUT2D eigenvalue weighted by molar-refractivity contribution is -0.137. The fourth-order valence-electron chi connectivity index (χ4n) is 5.64. The number of amides is 2. The van der Waals surface area contributed by atoms with Crippen LogP contribution in [0.15, 0.2) is 55.1 Å². The number of anilines is 2. The van der Waals surface area contributed by atoms with Gasteiger partial charge in [0.15, 0.2) is 29.3 Å². The van der Waals surface area contributed by atoms with Crippen LogP contribution in [0.5, 0.6) is 0 Å². The van der Waals surface area contributed by atoms with Crippen molar-refractivity contribution in [3.05, 3.63) is 77.4 Å². The number of nitrogens with one attached hydrogen (secondary N) is 3. The molecule has 1 aliphatic heterocycles. The van der Waals surface area contributed by atoms with Gasteiger partial charge in [-0.05, 0) is 73.1 Å². The van der Waals surface area contributed by atoms with Crippen molar-refractivity contribution in [1.29, 1.82) is 0 Å². The van der Waals surface area contributed by atoms with Gasteiger partial charge in [-0.3, -0.25) is 14.2 Å². The van der Waals surface area contributed by atoms with Gasteiger partial charge in [-0.15, -0.1) is 0 Å². The van der Waals surface area contributed by atoms with Crippen LogP contribution in [0.1, 0.15) is 72.8 Å². The van der Waals surface area contributed by atoms with Crippen LogP contribution >= 0.6 is 0 Å². The largest absolute Gasteiger partial charge is 0.387 e. The van der Waals surface area contributed by atoms with Crippen molar-refractivity contribution in [2.24, 2.45) is 0 Å². The van der Waals surface area contributed by atoms with Gasteiger partial charge >= 0.3 is 0 Å². The first kappa shape index (κ1) is 33.0. The molecule has 5 N–H and O–H groups in total. The van der Waals surface area contributed by atoms with E-state index in [1.54, 1.807) is 0 Å². The lowest BCUT2D eigenvalue weighted by Crippen LogP contribution is -2.41. The van der Waals surface area contributed by atoms with Gasteiger partial charge in [0.25, 0.3) is 11.8 Å². The highest BCUT2D eigenvalue weighted by molar-refractivity contribution is 5.94. The average molecular weight is 630 g/mol. The topological polar surface area (TPSA) is 164 Å². The molecule has 0 saturated carbocycles. The molecular weight excluding hydrogens is 586 g/mol. The Morgan fingerprint density at radius 3 is 2.24 bits per heavy atom. The number of carbonyl (C=O) groups excluding carboxylic acids is 2. The monoisotopic (exact) mass is 629 g/mol. The SMILES string of the molecule is CCCCc1cc(CCCC)cc(C(=O)NCCc2ccc(Nc3ncnc4c3ncn4C3OC(C(=O)NC)C(O)C3O)cc2)c1. The lowest BCUT2D eigenvalue weighted by atomic mass is 9.98. The summed E-state index contributed by atoms with van der Waals surface area (Å²) in [5, 5.41) is 29.7. The molecule has 1 saturated heterocycles. The number of aliphatic hydroxyl groups excluding tert-OH is 2. The molecule has 2 amide bonds. The van der Waals surface area contributed by atoms with Crippen molar-refractivity contribution < 1.29 is 24.5 Å². The molecule has 0 bridgehead atoms. The van der Waals surface area contributed by atoms with Crippen LogP contribution in [0.25, 0.3) is 11.2 Å². The number of nitrogens with zero attached hydrogens (tertiary/aromatic N) is 4. The molecule has 1 fully saturated rings. The van der Waals surface area contributed by atoms with E-state index < -0.39 is 30.4 Å². The van der Waals surface area contributed by atoms with Gasteiger partial charge < -0.3 is 30.9 Å². The Hall–Kier alpha value is -4.39. The third kappa shape index (κ3) is 7.52. The minimum Gasteiger partial charge on any atom is -0.387 e. The van der Waals surface area contributed by atoms with Crippen LogP contribution in [-0.2, 0) is 28.8 Å². The van der Waals surface area contributed by atoms with Gasteiger partial charge in [0.1, 0.15) is 18.5 Å². The summed E-state index contributed by atoms with van der Waals surface area (Å²) < 4.78 is 7.15. The van der Waals surface area contributed by atoms with Gasteiger partial charge in [0.2, 0.25) is 0 Å². The molecule has 5 rings (SSSR count). The summed E-state index contributed by atoms with van der Waals surface area (Å²) in [6, 6.07) is 14.1. The summed E-state index contributed by atoms with van der Waals surface area (Å²) in [7, 11) is 1.43. The number of hydrogen-bond donors (Lipinski definition) is 5. The van der Waals surface area contributed by atoms with Crippen molar-refractivity contribution >= 4 is 34.5 Å². The van der Waals surface area contributed by atoms with Crippen LogP contribution in [0.3, 0.4) is 0 Å². The minimum atomic E-state index is -1.40. The molecule has 4 unspecified atom stereocenters. The number of likely N-dealkylation sites (N-methyl/N-ethyl adjacent to an activating group) is 1. The van der Waals surface area contributed by atoms with Crippen LogP contribution in [-0.4, -0.2) is 73.5 Å². The molecule has 4 aromatic rings. The quantitative estimate of drug-likeness (QED) is 0.140. The molecule has 0 aliphatic carbocycles. The minimum absolute atomic E-state index is 0.0456. The van der Waals surface area contributed by atoms with Crippen molar-refractivity contribution in [2.45, 2.75) is 83.3 Å². The molecule has 1 aliphatic rings. The number of aryl methyl sites for hydroxylation is 2. The van der Waals surface area contributed by atoms with Gasteiger partial charge in [-0.25, -0.2) is 15.0 Å². The van der Waals surface area contributed by atoms with Gasteiger partial charge in [-0.2, -0.15) is 0 Å². The standard InChI is InChI=1S/C34H43N7O5/c1-4-6-8-22-16-23(9-7-5-2)18-24(17-22)32(44)36-15-14-21-10-12-25(13-11-21)40-30-26-31(38-19-37-30)41(20-39-26)34-28(43)27(42)29(46-34)33(45)35-3/h10-13,16-20,27-29,34,42-43H,4-9,14-15H2,1-3H3,(H,35,45)(H,36,44)(H,37,38,40). The molecule has 244 valence electrons. The van der Waals surface area contributed by atoms with Crippen molar-refractivity contribution in [3.8, 4) is 0 Å². The normalized spacial score (nSPS) is 19.3. The summed E-state index contributed by atoms with van der Waals surface area (Å²) in [4.78, 5) is 38.2. The highest BCUT2D eigenvalue weighted by atomic mass is 16.6. The molecule has 0 spiro atoms.